The average Bonchev–Trinajstić information content (AvgIpc) is 2.57. The molecule has 1 N–H and O–H groups in total. The maximum Gasteiger partial charge on any atom is 0.133 e. The molecule has 1 aromatic rings. The molecule has 15 heavy (non-hydrogen) atoms. The Kier molecular flexibility index (Phi) is 4.65. The lowest BCUT2D eigenvalue weighted by Crippen LogP contribution is -1.94. The first-order chi connectivity index (χ1) is 6.68. The molecule has 1 nitrogen and oxygen atoms in total. The second kappa shape index (κ2) is 5.35. The van der Waals surface area contributed by atoms with Gasteiger partial charge in [0, 0.05) is 0 Å². The molecule has 0 spiro atoms. The number of benzene rings is 1. The molecule has 84 valence electrons. The van der Waals surface area contributed by atoms with Gasteiger partial charge in [-0.1, -0.05) is 25.5 Å². The Labute approximate surface area is 110 Å². The topological polar surface area (TPSA) is 20.2 Å². The summed E-state index contributed by atoms with van der Waals surface area (Å²) in [6.07, 6.45) is 3.71. The summed E-state index contributed by atoms with van der Waals surface area (Å²) in [5.74, 6) is 1.80. The van der Waals surface area contributed by atoms with E-state index in [0.717, 1.165) is 16.0 Å². The molecular formula is C12H16Br2O. The predicted octanol–water partition coefficient (Wildman–Crippen LogP) is 4.64. The lowest BCUT2D eigenvalue weighted by atomic mass is 9.96. The van der Waals surface area contributed by atoms with Crippen LogP contribution >= 0.6 is 32.9 Å². The lowest BCUT2D eigenvalue weighted by Gasteiger charge is -2.12. The Morgan fingerprint density at radius 1 is 1.33 bits per heavy atom. The first-order valence-corrected chi connectivity index (χ1v) is 5.95. The maximum atomic E-state index is 9.90. The molecule has 1 aliphatic rings. The van der Waals surface area contributed by atoms with Crippen LogP contribution in [-0.2, 0) is 0 Å². The van der Waals surface area contributed by atoms with Crippen LogP contribution < -0.4 is 0 Å². The Hall–Kier alpha value is -0.0200. The molecule has 1 aliphatic carbocycles. The van der Waals surface area contributed by atoms with Gasteiger partial charge in [-0.3, -0.25) is 0 Å². The van der Waals surface area contributed by atoms with E-state index in [0.29, 0.717) is 11.7 Å². The first kappa shape index (κ1) is 13.0. The average molecular weight is 336 g/mol. The Morgan fingerprint density at radius 2 is 2.07 bits per heavy atom. The molecular weight excluding hydrogens is 320 g/mol. The van der Waals surface area contributed by atoms with E-state index >= 15 is 0 Å². The van der Waals surface area contributed by atoms with Crippen molar-refractivity contribution in [2.24, 2.45) is 5.92 Å². The second-order valence-electron chi connectivity index (χ2n) is 4.29. The van der Waals surface area contributed by atoms with E-state index < -0.39 is 0 Å². The molecule has 1 saturated carbocycles. The van der Waals surface area contributed by atoms with Gasteiger partial charge in [0.2, 0.25) is 0 Å². The zero-order valence-corrected chi connectivity index (χ0v) is 12.0. The van der Waals surface area contributed by atoms with Crippen LogP contribution in [0.2, 0.25) is 0 Å². The van der Waals surface area contributed by atoms with Gasteiger partial charge in [0.15, 0.2) is 0 Å². The normalized spacial score (nSPS) is 24.9. The summed E-state index contributed by atoms with van der Waals surface area (Å²) in [7, 11) is 0. The highest BCUT2D eigenvalue weighted by atomic mass is 79.9. The van der Waals surface area contributed by atoms with Gasteiger partial charge in [-0.15, -0.1) is 17.0 Å². The van der Waals surface area contributed by atoms with E-state index in [-0.39, 0.29) is 17.0 Å². The number of hydrogen-bond donors (Lipinski definition) is 1. The number of phenolic OH excluding ortho intramolecular Hbond substituents is 1. The molecule has 1 fully saturated rings. The number of phenols is 1. The second-order valence-corrected chi connectivity index (χ2v) is 5.15. The Morgan fingerprint density at radius 3 is 2.67 bits per heavy atom. The van der Waals surface area contributed by atoms with Gasteiger partial charge in [-0.05, 0) is 52.2 Å². The molecule has 0 radical (unpaired) electrons. The largest absolute Gasteiger partial charge is 0.506 e. The van der Waals surface area contributed by atoms with Crippen LogP contribution in [-0.4, -0.2) is 5.11 Å². The third-order valence-corrected chi connectivity index (χ3v) is 3.79. The molecule has 0 heterocycles. The van der Waals surface area contributed by atoms with E-state index in [2.05, 4.69) is 22.9 Å². The van der Waals surface area contributed by atoms with Crippen LogP contribution in [0.25, 0.3) is 0 Å². The number of halogens is 2. The molecule has 3 heteroatoms. The summed E-state index contributed by atoms with van der Waals surface area (Å²) in [6.45, 7) is 2.29. The van der Waals surface area contributed by atoms with Gasteiger partial charge in [0.05, 0.1) is 4.47 Å². The van der Waals surface area contributed by atoms with Crippen molar-refractivity contribution in [3.05, 3.63) is 28.2 Å². The van der Waals surface area contributed by atoms with Gasteiger partial charge in [0.1, 0.15) is 5.75 Å². The number of hydrogen-bond acceptors (Lipinski definition) is 1. The van der Waals surface area contributed by atoms with Crippen molar-refractivity contribution in [1.29, 1.82) is 0 Å². The summed E-state index contributed by atoms with van der Waals surface area (Å²) in [6, 6.07) is 5.93. The molecule has 2 atom stereocenters. The minimum Gasteiger partial charge on any atom is -0.506 e. The Balaban J connectivity index is 0.00000112. The van der Waals surface area contributed by atoms with E-state index in [1.807, 2.05) is 18.2 Å². The minimum atomic E-state index is 0. The minimum absolute atomic E-state index is 0. The van der Waals surface area contributed by atoms with Gasteiger partial charge < -0.3 is 5.11 Å². The van der Waals surface area contributed by atoms with Crippen molar-refractivity contribution in [2.45, 2.75) is 32.1 Å². The highest BCUT2D eigenvalue weighted by molar-refractivity contribution is 9.10. The summed E-state index contributed by atoms with van der Waals surface area (Å²) in [5, 5.41) is 9.90. The fourth-order valence-electron chi connectivity index (χ4n) is 2.35. The summed E-state index contributed by atoms with van der Waals surface area (Å²) >= 11 is 3.36. The standard InChI is InChI=1S/C12H15BrO.BrH/c1-8-5-6-9(7-8)10-3-2-4-11(13)12(10)14;/h2-4,8-9,14H,5-7H2,1H3;1H. The SMILES string of the molecule is Br.CC1CCC(c2cccc(Br)c2O)C1. The van der Waals surface area contributed by atoms with E-state index in [9.17, 15) is 5.11 Å². The van der Waals surface area contributed by atoms with Gasteiger partial charge in [0.25, 0.3) is 0 Å². The predicted molar refractivity (Wildman–Crippen MR) is 71.9 cm³/mol. The molecule has 0 saturated heterocycles. The third-order valence-electron chi connectivity index (χ3n) is 3.15. The first-order valence-electron chi connectivity index (χ1n) is 5.16. The number of aromatic hydroxyl groups is 1. The fraction of sp³-hybridized carbons (Fsp3) is 0.500. The third kappa shape index (κ3) is 2.76. The van der Waals surface area contributed by atoms with Crippen LogP contribution in [0.3, 0.4) is 0 Å². The van der Waals surface area contributed by atoms with E-state index in [1.54, 1.807) is 0 Å². The highest BCUT2D eigenvalue weighted by Crippen LogP contribution is 2.43. The van der Waals surface area contributed by atoms with Crippen molar-refractivity contribution in [2.75, 3.05) is 0 Å². The molecule has 2 unspecified atom stereocenters. The van der Waals surface area contributed by atoms with E-state index in [4.69, 9.17) is 0 Å². The smallest absolute Gasteiger partial charge is 0.133 e. The molecule has 0 aromatic heterocycles. The van der Waals surface area contributed by atoms with Crippen molar-refractivity contribution in [3.8, 4) is 5.75 Å². The van der Waals surface area contributed by atoms with Crippen LogP contribution in [0.1, 0.15) is 37.7 Å². The van der Waals surface area contributed by atoms with Gasteiger partial charge in [-0.2, -0.15) is 0 Å². The molecule has 1 aromatic carbocycles. The van der Waals surface area contributed by atoms with Crippen LogP contribution in [0.4, 0.5) is 0 Å². The molecule has 0 bridgehead atoms. The summed E-state index contributed by atoms with van der Waals surface area (Å²) in [4.78, 5) is 0. The fourth-order valence-corrected chi connectivity index (χ4v) is 2.73. The van der Waals surface area contributed by atoms with Crippen LogP contribution in [0.5, 0.6) is 5.75 Å². The van der Waals surface area contributed by atoms with Crippen LogP contribution in [0, 0.1) is 5.92 Å². The lowest BCUT2D eigenvalue weighted by molar-refractivity contribution is 0.456. The zero-order chi connectivity index (χ0) is 10.1. The molecule has 0 amide bonds. The van der Waals surface area contributed by atoms with Crippen LogP contribution in [0.15, 0.2) is 22.7 Å². The monoisotopic (exact) mass is 334 g/mol. The highest BCUT2D eigenvalue weighted by Gasteiger charge is 2.25. The molecule has 0 aliphatic heterocycles. The van der Waals surface area contributed by atoms with Crippen molar-refractivity contribution >= 4 is 32.9 Å². The van der Waals surface area contributed by atoms with E-state index in [1.165, 1.54) is 19.3 Å². The molecule has 2 rings (SSSR count). The van der Waals surface area contributed by atoms with Crippen molar-refractivity contribution in [3.63, 3.8) is 0 Å². The van der Waals surface area contributed by atoms with Gasteiger partial charge >= 0.3 is 0 Å². The Bertz CT molecular complexity index is 338. The quantitative estimate of drug-likeness (QED) is 0.792. The van der Waals surface area contributed by atoms with Gasteiger partial charge in [-0.25, -0.2) is 0 Å². The zero-order valence-electron chi connectivity index (χ0n) is 8.74. The van der Waals surface area contributed by atoms with Crippen molar-refractivity contribution < 1.29 is 5.11 Å². The number of rotatable bonds is 1. The maximum absolute atomic E-state index is 9.90. The summed E-state index contributed by atoms with van der Waals surface area (Å²) < 4.78 is 0.814. The van der Waals surface area contributed by atoms with Crippen molar-refractivity contribution in [1.82, 2.24) is 0 Å². The summed E-state index contributed by atoms with van der Waals surface area (Å²) in [5.41, 5.74) is 1.11. The number of para-hydroxylation sites is 1.